The Kier molecular flexibility index (Phi) is 4.86. The first-order chi connectivity index (χ1) is 13.1. The average Bonchev–Trinajstić information content (AvgIpc) is 3.32. The van der Waals surface area contributed by atoms with E-state index in [4.69, 9.17) is 0 Å². The Labute approximate surface area is 166 Å². The molecule has 27 heavy (non-hydrogen) atoms. The summed E-state index contributed by atoms with van der Waals surface area (Å²) in [4.78, 5) is 12.7. The first-order valence-electron chi connectivity index (χ1n) is 9.16. The van der Waals surface area contributed by atoms with Crippen molar-refractivity contribution < 1.29 is 4.79 Å². The molecule has 1 amide bonds. The van der Waals surface area contributed by atoms with Gasteiger partial charge >= 0.3 is 0 Å². The van der Waals surface area contributed by atoms with Crippen LogP contribution >= 0.6 is 15.9 Å². The highest BCUT2D eigenvalue weighted by Crippen LogP contribution is 2.35. The lowest BCUT2D eigenvalue weighted by Gasteiger charge is -2.12. The van der Waals surface area contributed by atoms with E-state index in [2.05, 4.69) is 40.6 Å². The van der Waals surface area contributed by atoms with Crippen molar-refractivity contribution in [2.75, 3.05) is 6.54 Å². The summed E-state index contributed by atoms with van der Waals surface area (Å²) >= 11 is 3.60. The van der Waals surface area contributed by atoms with Gasteiger partial charge in [0, 0.05) is 34.9 Å². The minimum absolute atomic E-state index is 0.0566. The van der Waals surface area contributed by atoms with Crippen molar-refractivity contribution in [3.63, 3.8) is 0 Å². The second-order valence-electron chi connectivity index (χ2n) is 6.96. The minimum Gasteiger partial charge on any atom is -0.352 e. The summed E-state index contributed by atoms with van der Waals surface area (Å²) in [5.74, 6) is 0.885. The summed E-state index contributed by atoms with van der Waals surface area (Å²) in [7, 11) is 0. The molecule has 1 fully saturated rings. The van der Waals surface area contributed by atoms with E-state index in [-0.39, 0.29) is 5.91 Å². The van der Waals surface area contributed by atoms with E-state index in [0.717, 1.165) is 27.4 Å². The maximum absolute atomic E-state index is 12.7. The van der Waals surface area contributed by atoms with E-state index in [0.29, 0.717) is 24.6 Å². The van der Waals surface area contributed by atoms with Gasteiger partial charge in [0.15, 0.2) is 0 Å². The fourth-order valence-electron chi connectivity index (χ4n) is 3.48. The van der Waals surface area contributed by atoms with Crippen LogP contribution < -0.4 is 5.32 Å². The number of benzene rings is 1. The number of nitrogens with one attached hydrogen (secondary N) is 1. The molecule has 4 rings (SSSR count). The van der Waals surface area contributed by atoms with E-state index in [9.17, 15) is 4.79 Å². The number of rotatable bonds is 6. The molecule has 6 nitrogen and oxygen atoms in total. The predicted octanol–water partition coefficient (Wildman–Crippen LogP) is 3.76. The Balaban J connectivity index is 1.47. The van der Waals surface area contributed by atoms with Gasteiger partial charge in [-0.05, 0) is 60.8 Å². The zero-order valence-electron chi connectivity index (χ0n) is 15.4. The van der Waals surface area contributed by atoms with Crippen LogP contribution in [0.2, 0.25) is 0 Å². The van der Waals surface area contributed by atoms with Crippen molar-refractivity contribution in [3.05, 3.63) is 63.9 Å². The van der Waals surface area contributed by atoms with Gasteiger partial charge < -0.3 is 14.5 Å². The average molecular weight is 428 g/mol. The van der Waals surface area contributed by atoms with Crippen LogP contribution in [0.5, 0.6) is 0 Å². The van der Waals surface area contributed by atoms with Crippen LogP contribution in [0.4, 0.5) is 0 Å². The van der Waals surface area contributed by atoms with Crippen molar-refractivity contribution in [3.8, 4) is 5.69 Å². The largest absolute Gasteiger partial charge is 0.352 e. The Morgan fingerprint density at radius 3 is 2.81 bits per heavy atom. The van der Waals surface area contributed by atoms with Crippen molar-refractivity contribution in [1.29, 1.82) is 0 Å². The number of para-hydroxylation sites is 1. The highest BCUT2D eigenvalue weighted by Gasteiger charge is 2.26. The third-order valence-electron chi connectivity index (χ3n) is 4.99. The fraction of sp³-hybridized carbons (Fsp3) is 0.350. The maximum Gasteiger partial charge on any atom is 0.253 e. The molecule has 0 spiro atoms. The molecule has 140 valence electrons. The third-order valence-corrected chi connectivity index (χ3v) is 5.66. The van der Waals surface area contributed by atoms with Crippen LogP contribution in [0, 0.1) is 13.8 Å². The summed E-state index contributed by atoms with van der Waals surface area (Å²) in [6.07, 6.45) is 4.86. The van der Waals surface area contributed by atoms with Gasteiger partial charge in [-0.25, -0.2) is 0 Å². The molecule has 1 aliphatic rings. The Morgan fingerprint density at radius 2 is 2.07 bits per heavy atom. The van der Waals surface area contributed by atoms with Crippen molar-refractivity contribution >= 4 is 21.8 Å². The van der Waals surface area contributed by atoms with Gasteiger partial charge in [-0.1, -0.05) is 12.1 Å². The summed E-state index contributed by atoms with van der Waals surface area (Å²) in [5.41, 5.74) is 3.69. The molecule has 0 radical (unpaired) electrons. The number of carbonyl (C=O) groups is 1. The molecule has 7 heteroatoms. The molecule has 0 atom stereocenters. The van der Waals surface area contributed by atoms with Gasteiger partial charge in [0.1, 0.15) is 12.2 Å². The molecule has 1 aromatic carbocycles. The van der Waals surface area contributed by atoms with Crippen molar-refractivity contribution in [2.24, 2.45) is 0 Å². The van der Waals surface area contributed by atoms with Crippen LogP contribution in [-0.2, 0) is 6.42 Å². The molecule has 2 heterocycles. The third kappa shape index (κ3) is 3.56. The van der Waals surface area contributed by atoms with Gasteiger partial charge in [-0.2, -0.15) is 0 Å². The Morgan fingerprint density at radius 1 is 1.30 bits per heavy atom. The summed E-state index contributed by atoms with van der Waals surface area (Å²) < 4.78 is 5.23. The number of carbonyl (C=O) groups excluding carboxylic acids is 1. The molecular formula is C20H22BrN5O. The summed E-state index contributed by atoms with van der Waals surface area (Å²) in [6.45, 7) is 4.54. The Hall–Kier alpha value is -2.41. The zero-order valence-corrected chi connectivity index (χ0v) is 17.0. The van der Waals surface area contributed by atoms with Crippen LogP contribution in [0.3, 0.4) is 0 Å². The minimum atomic E-state index is -0.0566. The van der Waals surface area contributed by atoms with E-state index in [1.807, 2.05) is 44.2 Å². The molecular weight excluding hydrogens is 406 g/mol. The second-order valence-corrected chi connectivity index (χ2v) is 7.82. The molecule has 0 saturated heterocycles. The SMILES string of the molecule is Cc1cc(C(=O)NCCc2nncn2C2CC2)c(C)n1-c1ccccc1Br. The lowest BCUT2D eigenvalue weighted by Crippen LogP contribution is -2.27. The standard InChI is InChI=1S/C20H22BrN5O/c1-13-11-16(14(2)26(13)18-6-4-3-5-17(18)21)20(27)22-10-9-19-24-23-12-25(19)15-7-8-15/h3-6,11-12,15H,7-10H2,1-2H3,(H,22,27). The summed E-state index contributed by atoms with van der Waals surface area (Å²) in [6, 6.07) is 10.5. The van der Waals surface area contributed by atoms with Crippen LogP contribution in [-0.4, -0.2) is 31.8 Å². The molecule has 3 aromatic rings. The fourth-order valence-corrected chi connectivity index (χ4v) is 3.94. The molecule has 1 saturated carbocycles. The highest BCUT2D eigenvalue weighted by atomic mass is 79.9. The van der Waals surface area contributed by atoms with E-state index >= 15 is 0 Å². The van der Waals surface area contributed by atoms with E-state index < -0.39 is 0 Å². The monoisotopic (exact) mass is 427 g/mol. The number of aromatic nitrogens is 4. The molecule has 1 N–H and O–H groups in total. The number of amides is 1. The number of halogens is 1. The molecule has 1 aliphatic carbocycles. The lowest BCUT2D eigenvalue weighted by molar-refractivity contribution is 0.0953. The normalized spacial score (nSPS) is 13.7. The zero-order chi connectivity index (χ0) is 19.0. The van der Waals surface area contributed by atoms with Crippen LogP contribution in [0.1, 0.15) is 46.5 Å². The molecule has 0 aliphatic heterocycles. The topological polar surface area (TPSA) is 64.7 Å². The van der Waals surface area contributed by atoms with Crippen molar-refractivity contribution in [2.45, 2.75) is 39.2 Å². The number of aryl methyl sites for hydroxylation is 1. The maximum atomic E-state index is 12.7. The number of hydrogen-bond donors (Lipinski definition) is 1. The first-order valence-corrected chi connectivity index (χ1v) is 9.96. The molecule has 0 unspecified atom stereocenters. The quantitative estimate of drug-likeness (QED) is 0.651. The van der Waals surface area contributed by atoms with E-state index in [1.165, 1.54) is 12.8 Å². The first kappa shape index (κ1) is 18.0. The second kappa shape index (κ2) is 7.31. The van der Waals surface area contributed by atoms with Gasteiger partial charge in [0.2, 0.25) is 0 Å². The van der Waals surface area contributed by atoms with Crippen molar-refractivity contribution in [1.82, 2.24) is 24.6 Å². The number of nitrogens with zero attached hydrogens (tertiary/aromatic N) is 4. The van der Waals surface area contributed by atoms with Gasteiger partial charge in [0.25, 0.3) is 5.91 Å². The predicted molar refractivity (Wildman–Crippen MR) is 107 cm³/mol. The molecule has 0 bridgehead atoms. The summed E-state index contributed by atoms with van der Waals surface area (Å²) in [5, 5.41) is 11.2. The smallest absolute Gasteiger partial charge is 0.253 e. The van der Waals surface area contributed by atoms with Gasteiger partial charge in [-0.15, -0.1) is 10.2 Å². The lowest BCUT2D eigenvalue weighted by atomic mass is 10.2. The number of hydrogen-bond acceptors (Lipinski definition) is 3. The highest BCUT2D eigenvalue weighted by molar-refractivity contribution is 9.10. The van der Waals surface area contributed by atoms with Gasteiger partial charge in [-0.3, -0.25) is 4.79 Å². The van der Waals surface area contributed by atoms with Crippen LogP contribution in [0.15, 0.2) is 41.1 Å². The Bertz CT molecular complexity index is 986. The van der Waals surface area contributed by atoms with E-state index in [1.54, 1.807) is 6.33 Å². The molecule has 2 aromatic heterocycles. The van der Waals surface area contributed by atoms with Crippen LogP contribution in [0.25, 0.3) is 5.69 Å². The van der Waals surface area contributed by atoms with Gasteiger partial charge in [0.05, 0.1) is 11.3 Å².